The molecule has 1 N–H and O–H groups in total. The number of azide groups is 1. The van der Waals surface area contributed by atoms with E-state index < -0.39 is 6.10 Å². The monoisotopic (exact) mass is 198 g/mol. The van der Waals surface area contributed by atoms with E-state index in [-0.39, 0.29) is 11.8 Å². The van der Waals surface area contributed by atoms with Gasteiger partial charge in [-0.2, -0.15) is 0 Å². The molecule has 2 atom stereocenters. The standard InChI is InChI=1S/C8H14N4O2/c1-6(13)4-12-5-7(2-8(12)14)3-10-11-9/h6-7,13H,2-5H2,1H3. The van der Waals surface area contributed by atoms with Gasteiger partial charge in [-0.15, -0.1) is 0 Å². The van der Waals surface area contributed by atoms with E-state index in [4.69, 9.17) is 10.6 Å². The highest BCUT2D eigenvalue weighted by molar-refractivity contribution is 5.78. The number of nitrogens with zero attached hydrogens (tertiary/aromatic N) is 4. The van der Waals surface area contributed by atoms with Gasteiger partial charge in [0.1, 0.15) is 0 Å². The molecule has 1 heterocycles. The van der Waals surface area contributed by atoms with Gasteiger partial charge in [-0.25, -0.2) is 0 Å². The predicted molar refractivity (Wildman–Crippen MR) is 50.4 cm³/mol. The average molecular weight is 198 g/mol. The van der Waals surface area contributed by atoms with Gasteiger partial charge in [-0.05, 0) is 18.4 Å². The first-order valence-corrected chi connectivity index (χ1v) is 4.60. The van der Waals surface area contributed by atoms with Crippen LogP contribution in [0.4, 0.5) is 0 Å². The summed E-state index contributed by atoms with van der Waals surface area (Å²) < 4.78 is 0. The van der Waals surface area contributed by atoms with Gasteiger partial charge in [-0.3, -0.25) is 4.79 Å². The summed E-state index contributed by atoms with van der Waals surface area (Å²) in [5, 5.41) is 12.6. The summed E-state index contributed by atoms with van der Waals surface area (Å²) in [7, 11) is 0. The van der Waals surface area contributed by atoms with Crippen molar-refractivity contribution in [2.24, 2.45) is 11.0 Å². The fourth-order valence-electron chi connectivity index (χ4n) is 1.62. The molecular weight excluding hydrogens is 184 g/mol. The Kier molecular flexibility index (Phi) is 3.73. The van der Waals surface area contributed by atoms with Crippen molar-refractivity contribution in [1.82, 2.24) is 4.90 Å². The SMILES string of the molecule is CC(O)CN1CC(CN=[N+]=[N-])CC1=O. The molecule has 0 saturated carbocycles. The molecule has 1 aliphatic heterocycles. The predicted octanol–water partition coefficient (Wildman–Crippen LogP) is 0.526. The maximum Gasteiger partial charge on any atom is 0.223 e. The van der Waals surface area contributed by atoms with Crippen molar-refractivity contribution in [2.45, 2.75) is 19.4 Å². The Morgan fingerprint density at radius 2 is 2.57 bits per heavy atom. The third kappa shape index (κ3) is 2.90. The van der Waals surface area contributed by atoms with E-state index in [0.717, 1.165) is 0 Å². The molecule has 0 aliphatic carbocycles. The first-order chi connectivity index (χ1) is 6.63. The molecule has 0 bridgehead atoms. The van der Waals surface area contributed by atoms with Crippen molar-refractivity contribution >= 4 is 5.91 Å². The van der Waals surface area contributed by atoms with Crippen molar-refractivity contribution < 1.29 is 9.90 Å². The minimum absolute atomic E-state index is 0.0315. The summed E-state index contributed by atoms with van der Waals surface area (Å²) in [5.41, 5.74) is 8.12. The summed E-state index contributed by atoms with van der Waals surface area (Å²) in [4.78, 5) is 15.6. The van der Waals surface area contributed by atoms with Crippen LogP contribution in [0.5, 0.6) is 0 Å². The largest absolute Gasteiger partial charge is 0.392 e. The Bertz CT molecular complexity index is 260. The molecule has 1 aliphatic rings. The number of carbonyl (C=O) groups is 1. The lowest BCUT2D eigenvalue weighted by Crippen LogP contribution is -2.32. The highest BCUT2D eigenvalue weighted by atomic mass is 16.3. The van der Waals surface area contributed by atoms with Crippen molar-refractivity contribution in [3.05, 3.63) is 10.4 Å². The topological polar surface area (TPSA) is 89.3 Å². The molecule has 1 amide bonds. The molecule has 0 spiro atoms. The van der Waals surface area contributed by atoms with Gasteiger partial charge in [0, 0.05) is 31.0 Å². The molecule has 14 heavy (non-hydrogen) atoms. The van der Waals surface area contributed by atoms with Gasteiger partial charge < -0.3 is 10.0 Å². The number of rotatable bonds is 4. The fraction of sp³-hybridized carbons (Fsp3) is 0.875. The van der Waals surface area contributed by atoms with Crippen LogP contribution in [0.25, 0.3) is 10.4 Å². The number of hydrogen-bond donors (Lipinski definition) is 1. The number of aliphatic hydroxyl groups is 1. The summed E-state index contributed by atoms with van der Waals surface area (Å²) in [5.74, 6) is 0.140. The smallest absolute Gasteiger partial charge is 0.223 e. The zero-order valence-corrected chi connectivity index (χ0v) is 8.13. The van der Waals surface area contributed by atoms with Gasteiger partial charge in [0.2, 0.25) is 5.91 Å². The Morgan fingerprint density at radius 1 is 1.86 bits per heavy atom. The Balaban J connectivity index is 2.43. The molecule has 0 aromatic heterocycles. The second kappa shape index (κ2) is 4.83. The first kappa shape index (κ1) is 10.8. The van der Waals surface area contributed by atoms with Gasteiger partial charge in [-0.1, -0.05) is 5.11 Å². The van der Waals surface area contributed by atoms with Crippen LogP contribution in [0, 0.1) is 5.92 Å². The molecule has 2 unspecified atom stereocenters. The van der Waals surface area contributed by atoms with E-state index in [9.17, 15) is 4.79 Å². The van der Waals surface area contributed by atoms with E-state index >= 15 is 0 Å². The van der Waals surface area contributed by atoms with Crippen LogP contribution in [0.2, 0.25) is 0 Å². The summed E-state index contributed by atoms with van der Waals surface area (Å²) in [6.07, 6.45) is -0.0803. The zero-order valence-electron chi connectivity index (χ0n) is 8.13. The van der Waals surface area contributed by atoms with E-state index in [2.05, 4.69) is 10.0 Å². The minimum Gasteiger partial charge on any atom is -0.392 e. The summed E-state index contributed by atoms with van der Waals surface area (Å²) >= 11 is 0. The van der Waals surface area contributed by atoms with Crippen LogP contribution < -0.4 is 0 Å². The molecule has 0 aromatic rings. The maximum absolute atomic E-state index is 11.4. The average Bonchev–Trinajstić information content (AvgIpc) is 2.43. The van der Waals surface area contributed by atoms with Crippen molar-refractivity contribution in [2.75, 3.05) is 19.6 Å². The van der Waals surface area contributed by atoms with E-state index in [1.807, 2.05) is 0 Å². The molecule has 1 saturated heterocycles. The second-order valence-electron chi connectivity index (χ2n) is 3.63. The Morgan fingerprint density at radius 3 is 3.14 bits per heavy atom. The maximum atomic E-state index is 11.4. The van der Waals surface area contributed by atoms with Gasteiger partial charge in [0.05, 0.1) is 6.10 Å². The molecular formula is C8H14N4O2. The van der Waals surface area contributed by atoms with Gasteiger partial charge in [0.15, 0.2) is 0 Å². The van der Waals surface area contributed by atoms with Crippen molar-refractivity contribution in [3.63, 3.8) is 0 Å². The van der Waals surface area contributed by atoms with Crippen molar-refractivity contribution in [3.8, 4) is 0 Å². The van der Waals surface area contributed by atoms with Crippen LogP contribution in [-0.2, 0) is 4.79 Å². The van der Waals surface area contributed by atoms with Gasteiger partial charge in [0.25, 0.3) is 0 Å². The van der Waals surface area contributed by atoms with E-state index in [1.165, 1.54) is 0 Å². The molecule has 1 fully saturated rings. The first-order valence-electron chi connectivity index (χ1n) is 4.60. The number of β-amino-alcohol motifs (C(OH)–C–C–N with tert-alkyl or cyclic N) is 1. The van der Waals surface area contributed by atoms with Gasteiger partial charge >= 0.3 is 0 Å². The quantitative estimate of drug-likeness (QED) is 0.405. The lowest BCUT2D eigenvalue weighted by molar-refractivity contribution is -0.128. The number of likely N-dealkylation sites (tertiary alicyclic amines) is 1. The van der Waals surface area contributed by atoms with Crippen LogP contribution in [0.3, 0.4) is 0 Å². The molecule has 0 aromatic carbocycles. The molecule has 1 rings (SSSR count). The molecule has 6 heteroatoms. The third-order valence-corrected chi connectivity index (χ3v) is 2.18. The van der Waals surface area contributed by atoms with Crippen LogP contribution in [0.15, 0.2) is 5.11 Å². The van der Waals surface area contributed by atoms with Crippen LogP contribution in [0.1, 0.15) is 13.3 Å². The normalized spacial score (nSPS) is 23.4. The Labute approximate surface area is 82.1 Å². The zero-order chi connectivity index (χ0) is 10.6. The van der Waals surface area contributed by atoms with Crippen LogP contribution >= 0.6 is 0 Å². The third-order valence-electron chi connectivity index (χ3n) is 2.18. The summed E-state index contributed by atoms with van der Waals surface area (Å²) in [6, 6.07) is 0. The minimum atomic E-state index is -0.503. The molecule has 0 radical (unpaired) electrons. The lowest BCUT2D eigenvalue weighted by Gasteiger charge is -2.17. The Hall–Kier alpha value is -1.26. The van der Waals surface area contributed by atoms with Crippen LogP contribution in [-0.4, -0.2) is 41.7 Å². The number of amides is 1. The number of aliphatic hydroxyl groups excluding tert-OH is 1. The highest BCUT2D eigenvalue weighted by Gasteiger charge is 2.29. The van der Waals surface area contributed by atoms with E-state index in [1.54, 1.807) is 11.8 Å². The van der Waals surface area contributed by atoms with Crippen molar-refractivity contribution in [1.29, 1.82) is 0 Å². The number of hydrogen-bond acceptors (Lipinski definition) is 3. The lowest BCUT2D eigenvalue weighted by atomic mass is 10.1. The highest BCUT2D eigenvalue weighted by Crippen LogP contribution is 2.18. The fourth-order valence-corrected chi connectivity index (χ4v) is 1.62. The summed E-state index contributed by atoms with van der Waals surface area (Å²) in [6.45, 7) is 2.96. The number of carbonyl (C=O) groups excluding carboxylic acids is 1. The van der Waals surface area contributed by atoms with E-state index in [0.29, 0.717) is 26.1 Å². The molecule has 78 valence electrons. The second-order valence-corrected chi connectivity index (χ2v) is 3.63. The molecule has 6 nitrogen and oxygen atoms in total.